The molecule has 2 aromatic heterocycles. The molecule has 4 rings (SSSR count). The minimum atomic E-state index is -0.199. The molecule has 7 nitrogen and oxygen atoms in total. The highest BCUT2D eigenvalue weighted by Gasteiger charge is 2.11. The Morgan fingerprint density at radius 1 is 1.03 bits per heavy atom. The molecule has 4 aromatic rings. The van der Waals surface area contributed by atoms with Crippen LogP contribution in [0.1, 0.15) is 21.8 Å². The first-order valence-electron chi connectivity index (χ1n) is 9.02. The summed E-state index contributed by atoms with van der Waals surface area (Å²) in [6.45, 7) is 2.17. The molecule has 0 radical (unpaired) electrons. The fraction of sp³-hybridized carbons (Fsp3) is 0.0909. The maximum absolute atomic E-state index is 12.2. The summed E-state index contributed by atoms with van der Waals surface area (Å²) in [7, 11) is 0. The van der Waals surface area contributed by atoms with E-state index in [1.807, 2.05) is 43.3 Å². The molecular formula is C22H18N4O3. The lowest BCUT2D eigenvalue weighted by atomic mass is 10.2. The zero-order chi connectivity index (χ0) is 20.1. The van der Waals surface area contributed by atoms with Gasteiger partial charge in [0, 0.05) is 29.2 Å². The Balaban J connectivity index is 1.39. The van der Waals surface area contributed by atoms with Crippen LogP contribution in [0.4, 0.5) is 5.69 Å². The molecule has 0 saturated heterocycles. The Morgan fingerprint density at radius 2 is 1.79 bits per heavy atom. The number of ether oxygens (including phenoxy) is 1. The zero-order valence-corrected chi connectivity index (χ0v) is 15.7. The number of benzene rings is 2. The van der Waals surface area contributed by atoms with E-state index in [-0.39, 0.29) is 12.5 Å². The monoisotopic (exact) mass is 386 g/mol. The molecule has 7 heteroatoms. The highest BCUT2D eigenvalue weighted by molar-refractivity contribution is 6.04. The second-order valence-corrected chi connectivity index (χ2v) is 6.33. The van der Waals surface area contributed by atoms with Crippen molar-refractivity contribution in [2.45, 2.75) is 13.5 Å². The fourth-order valence-corrected chi connectivity index (χ4v) is 2.70. The van der Waals surface area contributed by atoms with Crippen molar-refractivity contribution in [1.82, 2.24) is 15.1 Å². The van der Waals surface area contributed by atoms with Crippen LogP contribution in [0.5, 0.6) is 5.75 Å². The van der Waals surface area contributed by atoms with Crippen LogP contribution in [0, 0.1) is 6.92 Å². The molecular weight excluding hydrogens is 368 g/mol. The molecule has 0 unspecified atom stereocenters. The van der Waals surface area contributed by atoms with Crippen molar-refractivity contribution in [3.8, 4) is 17.1 Å². The standard InChI is InChI=1S/C22H18N4O3/c1-15-4-2-3-5-19(15)28-14-20-25-21(26-29-20)16-6-8-18(9-7-16)24-22(27)17-10-12-23-13-11-17/h2-13H,14H2,1H3,(H,24,27). The lowest BCUT2D eigenvalue weighted by molar-refractivity contribution is 0.102. The third-order valence-electron chi connectivity index (χ3n) is 4.26. The summed E-state index contributed by atoms with van der Waals surface area (Å²) in [4.78, 5) is 20.5. The number of nitrogens with zero attached hydrogens (tertiary/aromatic N) is 3. The van der Waals surface area contributed by atoms with Gasteiger partial charge in [0.1, 0.15) is 5.75 Å². The topological polar surface area (TPSA) is 90.1 Å². The van der Waals surface area contributed by atoms with Crippen molar-refractivity contribution in [1.29, 1.82) is 0 Å². The smallest absolute Gasteiger partial charge is 0.264 e. The summed E-state index contributed by atoms with van der Waals surface area (Å²) in [5.74, 6) is 1.43. The van der Waals surface area contributed by atoms with Crippen LogP contribution in [0.25, 0.3) is 11.4 Å². The average Bonchev–Trinajstić information content (AvgIpc) is 3.23. The Bertz CT molecular complexity index is 1110. The third kappa shape index (κ3) is 4.47. The average molecular weight is 386 g/mol. The highest BCUT2D eigenvalue weighted by Crippen LogP contribution is 2.21. The van der Waals surface area contributed by atoms with Gasteiger partial charge in [0.05, 0.1) is 0 Å². The van der Waals surface area contributed by atoms with Gasteiger partial charge in [-0.3, -0.25) is 9.78 Å². The van der Waals surface area contributed by atoms with Crippen molar-refractivity contribution in [3.63, 3.8) is 0 Å². The van der Waals surface area contributed by atoms with Crippen LogP contribution in [0.2, 0.25) is 0 Å². The van der Waals surface area contributed by atoms with E-state index < -0.39 is 0 Å². The molecule has 0 aliphatic rings. The van der Waals surface area contributed by atoms with E-state index in [1.54, 1.807) is 36.7 Å². The minimum absolute atomic E-state index is 0.192. The summed E-state index contributed by atoms with van der Waals surface area (Å²) < 4.78 is 11.0. The number of hydrogen-bond acceptors (Lipinski definition) is 6. The Kier molecular flexibility index (Phi) is 5.29. The SMILES string of the molecule is Cc1ccccc1OCc1nc(-c2ccc(NC(=O)c3ccncc3)cc2)no1. The van der Waals surface area contributed by atoms with Gasteiger partial charge in [-0.15, -0.1) is 0 Å². The van der Waals surface area contributed by atoms with Gasteiger partial charge in [0.15, 0.2) is 6.61 Å². The summed E-state index contributed by atoms with van der Waals surface area (Å²) >= 11 is 0. The van der Waals surface area contributed by atoms with E-state index in [9.17, 15) is 4.79 Å². The maximum Gasteiger partial charge on any atom is 0.264 e. The molecule has 144 valence electrons. The lowest BCUT2D eigenvalue weighted by Crippen LogP contribution is -2.11. The molecule has 0 aliphatic heterocycles. The molecule has 0 aliphatic carbocycles. The summed E-state index contributed by atoms with van der Waals surface area (Å²) in [5, 5.41) is 6.83. The van der Waals surface area contributed by atoms with Gasteiger partial charge in [0.2, 0.25) is 5.82 Å². The van der Waals surface area contributed by atoms with Gasteiger partial charge in [-0.1, -0.05) is 23.4 Å². The summed E-state index contributed by atoms with van der Waals surface area (Å²) in [6.07, 6.45) is 3.16. The van der Waals surface area contributed by atoms with Gasteiger partial charge >= 0.3 is 0 Å². The van der Waals surface area contributed by atoms with Crippen molar-refractivity contribution >= 4 is 11.6 Å². The van der Waals surface area contributed by atoms with Gasteiger partial charge in [-0.2, -0.15) is 4.98 Å². The van der Waals surface area contributed by atoms with Gasteiger partial charge in [0.25, 0.3) is 11.8 Å². The predicted molar refractivity (Wildman–Crippen MR) is 107 cm³/mol. The predicted octanol–water partition coefficient (Wildman–Crippen LogP) is 4.27. The molecule has 29 heavy (non-hydrogen) atoms. The van der Waals surface area contributed by atoms with Gasteiger partial charge < -0.3 is 14.6 Å². The van der Waals surface area contributed by atoms with Crippen molar-refractivity contribution in [3.05, 3.63) is 90.1 Å². The van der Waals surface area contributed by atoms with Crippen molar-refractivity contribution < 1.29 is 14.1 Å². The number of hydrogen-bond donors (Lipinski definition) is 1. The molecule has 0 spiro atoms. The first kappa shape index (κ1) is 18.4. The van der Waals surface area contributed by atoms with Crippen molar-refractivity contribution in [2.75, 3.05) is 5.32 Å². The number of aryl methyl sites for hydroxylation is 1. The van der Waals surface area contributed by atoms with Gasteiger partial charge in [-0.25, -0.2) is 0 Å². The van der Waals surface area contributed by atoms with E-state index >= 15 is 0 Å². The third-order valence-corrected chi connectivity index (χ3v) is 4.26. The summed E-state index contributed by atoms with van der Waals surface area (Å²) in [6, 6.07) is 18.3. The van der Waals surface area contributed by atoms with Crippen LogP contribution in [0.15, 0.2) is 77.6 Å². The second kappa shape index (κ2) is 8.35. The quantitative estimate of drug-likeness (QED) is 0.532. The Labute approximate surface area is 167 Å². The number of carbonyl (C=O) groups is 1. The lowest BCUT2D eigenvalue weighted by Gasteiger charge is -2.05. The van der Waals surface area contributed by atoms with E-state index in [4.69, 9.17) is 9.26 Å². The molecule has 2 heterocycles. The molecule has 1 N–H and O–H groups in total. The Hall–Kier alpha value is -4.00. The minimum Gasteiger partial charge on any atom is -0.483 e. The number of rotatable bonds is 6. The maximum atomic E-state index is 12.2. The van der Waals surface area contributed by atoms with Crippen LogP contribution < -0.4 is 10.1 Å². The normalized spacial score (nSPS) is 10.5. The molecule has 0 fully saturated rings. The molecule has 0 saturated carbocycles. The van der Waals surface area contributed by atoms with E-state index in [1.165, 1.54) is 0 Å². The number of pyridine rings is 1. The van der Waals surface area contributed by atoms with Crippen molar-refractivity contribution in [2.24, 2.45) is 0 Å². The van der Waals surface area contributed by atoms with Gasteiger partial charge in [-0.05, 0) is 55.0 Å². The number of anilines is 1. The first-order valence-corrected chi connectivity index (χ1v) is 9.02. The first-order chi connectivity index (χ1) is 14.2. The number of amides is 1. The molecule has 0 bridgehead atoms. The number of carbonyl (C=O) groups excluding carboxylic acids is 1. The molecule has 1 amide bonds. The Morgan fingerprint density at radius 3 is 2.55 bits per heavy atom. The highest BCUT2D eigenvalue weighted by atomic mass is 16.5. The number of para-hydroxylation sites is 1. The number of aromatic nitrogens is 3. The summed E-state index contributed by atoms with van der Waals surface area (Å²) in [5.41, 5.74) is 3.03. The van der Waals surface area contributed by atoms with E-state index in [2.05, 4.69) is 20.4 Å². The van der Waals surface area contributed by atoms with Crippen LogP contribution >= 0.6 is 0 Å². The molecule has 0 atom stereocenters. The number of nitrogens with one attached hydrogen (secondary N) is 1. The van der Waals surface area contributed by atoms with E-state index in [0.717, 1.165) is 16.9 Å². The second-order valence-electron chi connectivity index (χ2n) is 6.33. The largest absolute Gasteiger partial charge is 0.483 e. The molecule has 2 aromatic carbocycles. The zero-order valence-electron chi connectivity index (χ0n) is 15.7. The van der Waals surface area contributed by atoms with E-state index in [0.29, 0.717) is 23.0 Å². The van der Waals surface area contributed by atoms with Crippen LogP contribution in [-0.2, 0) is 6.61 Å². The van der Waals surface area contributed by atoms with Crippen LogP contribution in [-0.4, -0.2) is 21.0 Å². The van der Waals surface area contributed by atoms with Crippen LogP contribution in [0.3, 0.4) is 0 Å². The fourth-order valence-electron chi connectivity index (χ4n) is 2.70.